The largest absolute Gasteiger partial charge is 0.205 e. The van der Waals surface area contributed by atoms with E-state index in [0.717, 1.165) is 17.8 Å². The maximum atomic E-state index is 13.4. The second-order valence-electron chi connectivity index (χ2n) is 8.72. The number of hydrogen-bond acceptors (Lipinski definition) is 0. The molecule has 0 aliphatic heterocycles. The molecule has 2 aliphatic rings. The fourth-order valence-corrected chi connectivity index (χ4v) is 5.37. The molecule has 0 amide bonds. The molecule has 0 N–H and O–H groups in total. The normalized spacial score (nSPS) is 29.5. The number of benzene rings is 1. The molecule has 144 valence electrons. The molecule has 1 aromatic rings. The highest BCUT2D eigenvalue weighted by molar-refractivity contribution is 6.30. The minimum absolute atomic E-state index is 0.272. The van der Waals surface area contributed by atoms with Gasteiger partial charge in [-0.3, -0.25) is 0 Å². The zero-order valence-corrected chi connectivity index (χ0v) is 16.8. The number of allylic oxidation sites excluding steroid dienone is 1. The number of rotatable bonds is 7. The third-order valence-corrected chi connectivity index (χ3v) is 7.28. The summed E-state index contributed by atoms with van der Waals surface area (Å²) in [7, 11) is 0. The van der Waals surface area contributed by atoms with Gasteiger partial charge in [0.25, 0.3) is 0 Å². The Kier molecular flexibility index (Phi) is 7.61. The van der Waals surface area contributed by atoms with Gasteiger partial charge in [-0.2, -0.15) is 0 Å². The number of halogens is 2. The van der Waals surface area contributed by atoms with Crippen molar-refractivity contribution in [1.82, 2.24) is 0 Å². The summed E-state index contributed by atoms with van der Waals surface area (Å²) in [6, 6.07) is 5.29. The van der Waals surface area contributed by atoms with E-state index in [0.29, 0.717) is 5.92 Å². The van der Waals surface area contributed by atoms with Crippen LogP contribution in [0.3, 0.4) is 0 Å². The monoisotopic (exact) mass is 376 g/mol. The van der Waals surface area contributed by atoms with E-state index in [4.69, 9.17) is 11.6 Å². The maximum Gasteiger partial charge on any atom is 0.141 e. The van der Waals surface area contributed by atoms with Gasteiger partial charge in [0.2, 0.25) is 0 Å². The quantitative estimate of drug-likeness (QED) is 0.419. The minimum Gasteiger partial charge on any atom is -0.205 e. The summed E-state index contributed by atoms with van der Waals surface area (Å²) in [4.78, 5) is 0. The second kappa shape index (κ2) is 9.93. The average molecular weight is 377 g/mol. The highest BCUT2D eigenvalue weighted by Crippen LogP contribution is 2.40. The zero-order chi connectivity index (χ0) is 18.4. The molecule has 0 atom stereocenters. The van der Waals surface area contributed by atoms with Gasteiger partial charge in [0.05, 0.1) is 5.02 Å². The van der Waals surface area contributed by atoms with Crippen molar-refractivity contribution < 1.29 is 4.39 Å². The van der Waals surface area contributed by atoms with Crippen molar-refractivity contribution in [2.45, 2.75) is 83.0 Å². The lowest BCUT2D eigenvalue weighted by Gasteiger charge is -2.32. The Hall–Kier alpha value is -0.820. The predicted octanol–water partition coefficient (Wildman–Crippen LogP) is 8.31. The summed E-state index contributed by atoms with van der Waals surface area (Å²) in [6.07, 6.45) is 18.4. The van der Waals surface area contributed by atoms with Gasteiger partial charge in [-0.25, -0.2) is 4.39 Å². The summed E-state index contributed by atoms with van der Waals surface area (Å²) in [6.45, 7) is 3.85. The van der Waals surface area contributed by atoms with Crippen molar-refractivity contribution in [1.29, 1.82) is 0 Å². The molecular formula is C24H34ClF. The first kappa shape index (κ1) is 19.9. The fraction of sp³-hybridized carbons (Fsp3) is 0.667. The summed E-state index contributed by atoms with van der Waals surface area (Å²) in [5.74, 6) is 3.11. The molecule has 0 heterocycles. The van der Waals surface area contributed by atoms with Crippen molar-refractivity contribution in [3.63, 3.8) is 0 Å². The average Bonchev–Trinajstić information content (AvgIpc) is 2.68. The molecule has 0 saturated heterocycles. The minimum atomic E-state index is -0.302. The van der Waals surface area contributed by atoms with Crippen molar-refractivity contribution >= 4 is 11.6 Å². The van der Waals surface area contributed by atoms with E-state index < -0.39 is 0 Å². The highest BCUT2D eigenvalue weighted by atomic mass is 35.5. The van der Waals surface area contributed by atoms with Crippen LogP contribution in [0.5, 0.6) is 0 Å². The van der Waals surface area contributed by atoms with Crippen LogP contribution in [0.2, 0.25) is 5.02 Å². The molecular weight excluding hydrogens is 343 g/mol. The summed E-state index contributed by atoms with van der Waals surface area (Å²) in [5.41, 5.74) is 1.23. The van der Waals surface area contributed by atoms with Gasteiger partial charge in [-0.05, 0) is 79.9 Å². The molecule has 0 radical (unpaired) electrons. The molecule has 0 unspecified atom stereocenters. The molecule has 1 aromatic carbocycles. The van der Waals surface area contributed by atoms with Crippen molar-refractivity contribution in [2.75, 3.05) is 0 Å². The van der Waals surface area contributed by atoms with Crippen molar-refractivity contribution in [3.05, 3.63) is 47.3 Å². The number of hydrogen-bond donors (Lipinski definition) is 0. The second-order valence-corrected chi connectivity index (χ2v) is 9.13. The van der Waals surface area contributed by atoms with Gasteiger partial charge in [0, 0.05) is 0 Å². The molecule has 0 bridgehead atoms. The molecule has 0 aromatic heterocycles. The Morgan fingerprint density at radius 2 is 1.42 bits per heavy atom. The topological polar surface area (TPSA) is 0 Å². The molecule has 2 saturated carbocycles. The van der Waals surface area contributed by atoms with Crippen LogP contribution in [0.15, 0.2) is 30.9 Å². The Balaban J connectivity index is 1.35. The van der Waals surface area contributed by atoms with E-state index in [2.05, 4.69) is 12.7 Å². The Bertz CT molecular complexity index is 566. The smallest absolute Gasteiger partial charge is 0.141 e. The predicted molar refractivity (Wildman–Crippen MR) is 110 cm³/mol. The van der Waals surface area contributed by atoms with Gasteiger partial charge in [0.1, 0.15) is 5.82 Å². The first-order valence-electron chi connectivity index (χ1n) is 10.7. The maximum absolute atomic E-state index is 13.4. The first-order valence-corrected chi connectivity index (χ1v) is 11.1. The zero-order valence-electron chi connectivity index (χ0n) is 16.1. The lowest BCUT2D eigenvalue weighted by molar-refractivity contribution is 0.225. The van der Waals surface area contributed by atoms with Crippen LogP contribution in [0.25, 0.3) is 0 Å². The summed E-state index contributed by atoms with van der Waals surface area (Å²) in [5, 5.41) is 0.272. The molecule has 0 nitrogen and oxygen atoms in total. The standard InChI is InChI=1S/C24H34ClF/c1-2-3-4-18-5-7-19(8-6-18)9-10-20-11-13-21(14-12-20)22-15-16-24(26)23(25)17-22/h2,15-21H,1,3-14H2/t18-,19-,20-,21-. The van der Waals surface area contributed by atoms with Crippen LogP contribution in [0, 0.1) is 23.6 Å². The van der Waals surface area contributed by atoms with Crippen molar-refractivity contribution in [2.24, 2.45) is 17.8 Å². The fourth-order valence-electron chi connectivity index (χ4n) is 5.18. The van der Waals surface area contributed by atoms with Crippen LogP contribution in [0.1, 0.15) is 88.5 Å². The SMILES string of the molecule is C=CCC[C@H]1CC[C@H](CC[C@H]2CC[C@H](c3ccc(F)c(Cl)c3)CC2)CC1. The molecule has 2 aliphatic carbocycles. The molecule has 26 heavy (non-hydrogen) atoms. The van der Waals surface area contributed by atoms with Gasteiger partial charge in [-0.1, -0.05) is 62.3 Å². The Morgan fingerprint density at radius 3 is 1.96 bits per heavy atom. The Morgan fingerprint density at radius 1 is 0.885 bits per heavy atom. The van der Waals surface area contributed by atoms with Crippen LogP contribution in [-0.4, -0.2) is 0 Å². The van der Waals surface area contributed by atoms with Crippen molar-refractivity contribution in [3.8, 4) is 0 Å². The van der Waals surface area contributed by atoms with E-state index in [9.17, 15) is 4.39 Å². The van der Waals surface area contributed by atoms with E-state index in [1.54, 1.807) is 0 Å². The molecule has 2 fully saturated rings. The molecule has 0 spiro atoms. The van der Waals surface area contributed by atoms with Gasteiger partial charge in [-0.15, -0.1) is 6.58 Å². The third-order valence-electron chi connectivity index (χ3n) is 6.99. The van der Waals surface area contributed by atoms with Crippen LogP contribution >= 0.6 is 11.6 Å². The highest BCUT2D eigenvalue weighted by Gasteiger charge is 2.25. The molecule has 2 heteroatoms. The van der Waals surface area contributed by atoms with Crippen LogP contribution in [-0.2, 0) is 0 Å². The Labute approximate surface area is 164 Å². The third kappa shape index (κ3) is 5.59. The first-order chi connectivity index (χ1) is 12.7. The van der Waals surface area contributed by atoms with E-state index in [1.807, 2.05) is 12.1 Å². The van der Waals surface area contributed by atoms with E-state index in [1.165, 1.54) is 88.7 Å². The van der Waals surface area contributed by atoms with E-state index >= 15 is 0 Å². The van der Waals surface area contributed by atoms with Crippen LogP contribution in [0.4, 0.5) is 4.39 Å². The van der Waals surface area contributed by atoms with E-state index in [-0.39, 0.29) is 10.8 Å². The van der Waals surface area contributed by atoms with Gasteiger partial charge < -0.3 is 0 Å². The van der Waals surface area contributed by atoms with Gasteiger partial charge >= 0.3 is 0 Å². The lowest BCUT2D eigenvalue weighted by Crippen LogP contribution is -2.17. The summed E-state index contributed by atoms with van der Waals surface area (Å²) >= 11 is 5.96. The lowest BCUT2D eigenvalue weighted by atomic mass is 9.74. The summed E-state index contributed by atoms with van der Waals surface area (Å²) < 4.78 is 13.4. The van der Waals surface area contributed by atoms with Crippen LogP contribution < -0.4 is 0 Å². The molecule has 3 rings (SSSR count). The van der Waals surface area contributed by atoms with Gasteiger partial charge in [0.15, 0.2) is 0 Å².